The molecule has 1 rings (SSSR count). The van der Waals surface area contributed by atoms with Gasteiger partial charge in [-0.25, -0.2) is 0 Å². The van der Waals surface area contributed by atoms with Crippen molar-refractivity contribution in [3.05, 3.63) is 34.9 Å². The molecule has 0 aromatic heterocycles. The van der Waals surface area contributed by atoms with E-state index in [1.807, 2.05) is 6.92 Å². The number of hydrogen-bond acceptors (Lipinski definition) is 1. The van der Waals surface area contributed by atoms with E-state index in [-0.39, 0.29) is 11.9 Å². The van der Waals surface area contributed by atoms with Crippen molar-refractivity contribution in [3.8, 4) is 0 Å². The number of hydrogen-bond donors (Lipinski definition) is 1. The Morgan fingerprint density at radius 3 is 2.50 bits per heavy atom. The third-order valence-corrected chi connectivity index (χ3v) is 2.87. The van der Waals surface area contributed by atoms with Crippen LogP contribution in [0.1, 0.15) is 49.4 Å². The standard InChI is InChI=1S/C14H21NO/c1-5-13(15-14(16)6-2)12-8-7-10(3)9-11(12)4/h7-9,13H,5-6H2,1-4H3,(H,15,16). The van der Waals surface area contributed by atoms with Crippen molar-refractivity contribution in [2.24, 2.45) is 0 Å². The second-order valence-electron chi connectivity index (χ2n) is 4.24. The van der Waals surface area contributed by atoms with Gasteiger partial charge in [-0.1, -0.05) is 37.6 Å². The lowest BCUT2D eigenvalue weighted by Crippen LogP contribution is -2.27. The Kier molecular flexibility index (Phi) is 4.53. The molecule has 1 atom stereocenters. The molecule has 1 unspecified atom stereocenters. The van der Waals surface area contributed by atoms with Crippen molar-refractivity contribution >= 4 is 5.91 Å². The summed E-state index contributed by atoms with van der Waals surface area (Å²) in [6.45, 7) is 8.16. The first-order chi connectivity index (χ1) is 7.58. The molecule has 0 saturated heterocycles. The lowest BCUT2D eigenvalue weighted by atomic mass is 9.97. The summed E-state index contributed by atoms with van der Waals surface area (Å²) in [5.41, 5.74) is 3.75. The average molecular weight is 219 g/mol. The maximum absolute atomic E-state index is 11.4. The van der Waals surface area contributed by atoms with Crippen LogP contribution in [0, 0.1) is 13.8 Å². The van der Waals surface area contributed by atoms with E-state index in [9.17, 15) is 4.79 Å². The molecular formula is C14H21NO. The summed E-state index contributed by atoms with van der Waals surface area (Å²) in [4.78, 5) is 11.4. The van der Waals surface area contributed by atoms with E-state index in [1.54, 1.807) is 0 Å². The molecule has 0 fully saturated rings. The number of amides is 1. The van der Waals surface area contributed by atoms with Gasteiger partial charge in [-0.3, -0.25) is 4.79 Å². The third kappa shape index (κ3) is 3.09. The fourth-order valence-corrected chi connectivity index (χ4v) is 1.91. The van der Waals surface area contributed by atoms with Gasteiger partial charge in [0.15, 0.2) is 0 Å². The van der Waals surface area contributed by atoms with Crippen LogP contribution in [0.15, 0.2) is 18.2 Å². The minimum atomic E-state index is 0.117. The van der Waals surface area contributed by atoms with Crippen molar-refractivity contribution in [1.29, 1.82) is 0 Å². The van der Waals surface area contributed by atoms with E-state index in [0.717, 1.165) is 6.42 Å². The van der Waals surface area contributed by atoms with Gasteiger partial charge in [0.1, 0.15) is 0 Å². The molecule has 0 bridgehead atoms. The highest BCUT2D eigenvalue weighted by molar-refractivity contribution is 5.76. The maximum Gasteiger partial charge on any atom is 0.220 e. The van der Waals surface area contributed by atoms with Crippen LogP contribution in [-0.2, 0) is 4.79 Å². The summed E-state index contributed by atoms with van der Waals surface area (Å²) in [5.74, 6) is 0.117. The smallest absolute Gasteiger partial charge is 0.220 e. The van der Waals surface area contributed by atoms with Gasteiger partial charge in [-0.15, -0.1) is 0 Å². The molecule has 0 aliphatic rings. The SMILES string of the molecule is CCC(=O)NC(CC)c1ccc(C)cc1C. The minimum absolute atomic E-state index is 0.117. The largest absolute Gasteiger partial charge is 0.349 e. The number of benzene rings is 1. The van der Waals surface area contributed by atoms with E-state index in [1.165, 1.54) is 16.7 Å². The molecule has 1 aromatic rings. The molecule has 1 amide bonds. The third-order valence-electron chi connectivity index (χ3n) is 2.87. The number of rotatable bonds is 4. The Morgan fingerprint density at radius 1 is 1.31 bits per heavy atom. The summed E-state index contributed by atoms with van der Waals surface area (Å²) in [7, 11) is 0. The topological polar surface area (TPSA) is 29.1 Å². The Labute approximate surface area is 98.1 Å². The molecule has 0 aliphatic heterocycles. The summed E-state index contributed by atoms with van der Waals surface area (Å²) >= 11 is 0. The Morgan fingerprint density at radius 2 is 2.00 bits per heavy atom. The van der Waals surface area contributed by atoms with Crippen LogP contribution in [-0.4, -0.2) is 5.91 Å². The normalized spacial score (nSPS) is 12.2. The zero-order valence-corrected chi connectivity index (χ0v) is 10.6. The molecule has 2 heteroatoms. The van der Waals surface area contributed by atoms with Gasteiger partial charge in [0.2, 0.25) is 5.91 Å². The molecule has 0 spiro atoms. The molecule has 0 saturated carbocycles. The summed E-state index contributed by atoms with van der Waals surface area (Å²) in [5, 5.41) is 3.05. The average Bonchev–Trinajstić information content (AvgIpc) is 2.26. The van der Waals surface area contributed by atoms with E-state index >= 15 is 0 Å². The molecular weight excluding hydrogens is 198 g/mol. The van der Waals surface area contributed by atoms with E-state index in [4.69, 9.17) is 0 Å². The van der Waals surface area contributed by atoms with Crippen molar-refractivity contribution in [2.45, 2.75) is 46.6 Å². The predicted octanol–water partition coefficient (Wildman–Crippen LogP) is 3.28. The molecule has 0 radical (unpaired) electrons. The van der Waals surface area contributed by atoms with Crippen LogP contribution < -0.4 is 5.32 Å². The monoisotopic (exact) mass is 219 g/mol. The predicted molar refractivity (Wildman–Crippen MR) is 67.4 cm³/mol. The number of carbonyl (C=O) groups excluding carboxylic acids is 1. The van der Waals surface area contributed by atoms with Gasteiger partial charge in [0.05, 0.1) is 6.04 Å². The zero-order chi connectivity index (χ0) is 12.1. The maximum atomic E-state index is 11.4. The van der Waals surface area contributed by atoms with E-state index < -0.39 is 0 Å². The van der Waals surface area contributed by atoms with Crippen LogP contribution in [0.25, 0.3) is 0 Å². The minimum Gasteiger partial charge on any atom is -0.349 e. The fourth-order valence-electron chi connectivity index (χ4n) is 1.91. The number of aryl methyl sites for hydroxylation is 2. The lowest BCUT2D eigenvalue weighted by molar-refractivity contribution is -0.121. The van der Waals surface area contributed by atoms with Crippen LogP contribution in [0.4, 0.5) is 0 Å². The van der Waals surface area contributed by atoms with Gasteiger partial charge < -0.3 is 5.32 Å². The molecule has 88 valence electrons. The highest BCUT2D eigenvalue weighted by atomic mass is 16.1. The van der Waals surface area contributed by atoms with Crippen molar-refractivity contribution in [3.63, 3.8) is 0 Å². The first kappa shape index (κ1) is 12.8. The zero-order valence-electron chi connectivity index (χ0n) is 10.6. The van der Waals surface area contributed by atoms with Gasteiger partial charge in [0, 0.05) is 6.42 Å². The quantitative estimate of drug-likeness (QED) is 0.827. The van der Waals surface area contributed by atoms with Crippen molar-refractivity contribution in [2.75, 3.05) is 0 Å². The van der Waals surface area contributed by atoms with E-state index in [2.05, 4.69) is 44.3 Å². The van der Waals surface area contributed by atoms with Crippen LogP contribution >= 0.6 is 0 Å². The molecule has 16 heavy (non-hydrogen) atoms. The van der Waals surface area contributed by atoms with E-state index in [0.29, 0.717) is 6.42 Å². The Balaban J connectivity index is 2.90. The molecule has 1 N–H and O–H groups in total. The highest BCUT2D eigenvalue weighted by Gasteiger charge is 2.13. The summed E-state index contributed by atoms with van der Waals surface area (Å²) < 4.78 is 0. The second kappa shape index (κ2) is 5.69. The molecule has 2 nitrogen and oxygen atoms in total. The first-order valence-corrected chi connectivity index (χ1v) is 5.95. The first-order valence-electron chi connectivity index (χ1n) is 5.95. The molecule has 0 heterocycles. The van der Waals surface area contributed by atoms with Crippen molar-refractivity contribution in [1.82, 2.24) is 5.32 Å². The highest BCUT2D eigenvalue weighted by Crippen LogP contribution is 2.21. The molecule has 0 aliphatic carbocycles. The summed E-state index contributed by atoms with van der Waals surface area (Å²) in [6, 6.07) is 6.53. The van der Waals surface area contributed by atoms with Crippen LogP contribution in [0.5, 0.6) is 0 Å². The second-order valence-corrected chi connectivity index (χ2v) is 4.24. The van der Waals surface area contributed by atoms with Gasteiger partial charge in [0.25, 0.3) is 0 Å². The Hall–Kier alpha value is -1.31. The van der Waals surface area contributed by atoms with Crippen LogP contribution in [0.2, 0.25) is 0 Å². The number of nitrogens with one attached hydrogen (secondary N) is 1. The van der Waals surface area contributed by atoms with Crippen LogP contribution in [0.3, 0.4) is 0 Å². The van der Waals surface area contributed by atoms with Gasteiger partial charge in [-0.2, -0.15) is 0 Å². The van der Waals surface area contributed by atoms with Gasteiger partial charge >= 0.3 is 0 Å². The molecule has 1 aromatic carbocycles. The summed E-state index contributed by atoms with van der Waals surface area (Å²) in [6.07, 6.45) is 1.47. The lowest BCUT2D eigenvalue weighted by Gasteiger charge is -2.19. The fraction of sp³-hybridized carbons (Fsp3) is 0.500. The van der Waals surface area contributed by atoms with Gasteiger partial charge in [-0.05, 0) is 31.4 Å². The Bertz CT molecular complexity index is 371. The number of carbonyl (C=O) groups is 1. The van der Waals surface area contributed by atoms with Crippen molar-refractivity contribution < 1.29 is 4.79 Å².